The van der Waals surface area contributed by atoms with Crippen LogP contribution in [0.25, 0.3) is 0 Å². The van der Waals surface area contributed by atoms with Crippen molar-refractivity contribution in [2.75, 3.05) is 6.54 Å². The molecule has 0 spiro atoms. The third kappa shape index (κ3) is 4.31. The molecule has 0 saturated carbocycles. The molecule has 1 atom stereocenters. The van der Waals surface area contributed by atoms with E-state index < -0.39 is 5.37 Å². The molecule has 1 aromatic heterocycles. The molecule has 0 aliphatic carbocycles. The second-order valence-electron chi connectivity index (χ2n) is 3.13. The van der Waals surface area contributed by atoms with Crippen molar-refractivity contribution in [2.24, 2.45) is 0 Å². The van der Waals surface area contributed by atoms with Crippen LogP contribution in [0.3, 0.4) is 0 Å². The van der Waals surface area contributed by atoms with Gasteiger partial charge in [-0.1, -0.05) is 6.07 Å². The van der Waals surface area contributed by atoms with E-state index >= 15 is 0 Å². The second-order valence-corrected chi connectivity index (χ2v) is 3.65. The summed E-state index contributed by atoms with van der Waals surface area (Å²) in [6.45, 7) is 1.30. The molecule has 0 fully saturated rings. The summed E-state index contributed by atoms with van der Waals surface area (Å²) in [5.41, 5.74) is 0.655. The Morgan fingerprint density at radius 2 is 2.25 bits per heavy atom. The highest BCUT2D eigenvalue weighted by atomic mass is 32.1. The molecule has 1 unspecified atom stereocenters. The SMILES string of the molecule is CC(=O)NCC(=O)NC(S)c1ccccn1. The monoisotopic (exact) mass is 239 g/mol. The quantitative estimate of drug-likeness (QED) is 0.521. The standard InChI is InChI=1S/C10H13N3O2S/c1-7(14)12-6-9(15)13-10(16)8-4-2-3-5-11-8/h2-5,10,16H,6H2,1H3,(H,12,14)(H,13,15). The van der Waals surface area contributed by atoms with Crippen molar-refractivity contribution in [3.8, 4) is 0 Å². The molecule has 1 aromatic rings. The average Bonchev–Trinajstić information content (AvgIpc) is 2.27. The molecule has 5 nitrogen and oxygen atoms in total. The molecule has 0 saturated heterocycles. The summed E-state index contributed by atoms with van der Waals surface area (Å²) < 4.78 is 0. The van der Waals surface area contributed by atoms with Gasteiger partial charge < -0.3 is 10.6 Å². The van der Waals surface area contributed by atoms with E-state index in [0.717, 1.165) is 0 Å². The van der Waals surface area contributed by atoms with Crippen LogP contribution in [0.4, 0.5) is 0 Å². The number of carbonyl (C=O) groups excluding carboxylic acids is 2. The molecule has 0 aliphatic heterocycles. The summed E-state index contributed by atoms with van der Waals surface area (Å²) in [4.78, 5) is 26.0. The number of hydrogen-bond donors (Lipinski definition) is 3. The van der Waals surface area contributed by atoms with Crippen molar-refractivity contribution in [1.29, 1.82) is 0 Å². The van der Waals surface area contributed by atoms with Crippen molar-refractivity contribution in [3.05, 3.63) is 30.1 Å². The van der Waals surface area contributed by atoms with Crippen LogP contribution >= 0.6 is 12.6 Å². The van der Waals surface area contributed by atoms with Gasteiger partial charge in [-0.05, 0) is 12.1 Å². The van der Waals surface area contributed by atoms with Gasteiger partial charge in [0.25, 0.3) is 0 Å². The van der Waals surface area contributed by atoms with E-state index in [1.54, 1.807) is 18.3 Å². The van der Waals surface area contributed by atoms with Crippen LogP contribution in [0, 0.1) is 0 Å². The van der Waals surface area contributed by atoms with E-state index in [-0.39, 0.29) is 18.4 Å². The lowest BCUT2D eigenvalue weighted by Gasteiger charge is -2.12. The number of amides is 2. The summed E-state index contributed by atoms with van der Waals surface area (Å²) in [6.07, 6.45) is 1.62. The third-order valence-electron chi connectivity index (χ3n) is 1.76. The van der Waals surface area contributed by atoms with E-state index in [9.17, 15) is 9.59 Å². The maximum atomic E-state index is 11.3. The maximum absolute atomic E-state index is 11.3. The summed E-state index contributed by atoms with van der Waals surface area (Å²) in [5.74, 6) is -0.551. The number of nitrogens with one attached hydrogen (secondary N) is 2. The molecule has 2 N–H and O–H groups in total. The zero-order valence-corrected chi connectivity index (χ0v) is 9.70. The van der Waals surface area contributed by atoms with Gasteiger partial charge in [0, 0.05) is 13.1 Å². The van der Waals surface area contributed by atoms with Crippen LogP contribution in [0.5, 0.6) is 0 Å². The van der Waals surface area contributed by atoms with Gasteiger partial charge in [0.05, 0.1) is 12.2 Å². The van der Waals surface area contributed by atoms with Crippen molar-refractivity contribution in [2.45, 2.75) is 12.3 Å². The Morgan fingerprint density at radius 1 is 1.50 bits per heavy atom. The molecule has 1 heterocycles. The Balaban J connectivity index is 2.43. The van der Waals surface area contributed by atoms with Crippen molar-refractivity contribution >= 4 is 24.4 Å². The van der Waals surface area contributed by atoms with Crippen LogP contribution in [-0.4, -0.2) is 23.3 Å². The molecule has 0 bridgehead atoms. The molecule has 86 valence electrons. The minimum Gasteiger partial charge on any atom is -0.347 e. The fourth-order valence-electron chi connectivity index (χ4n) is 1.02. The van der Waals surface area contributed by atoms with Crippen LogP contribution in [0.2, 0.25) is 0 Å². The Labute approximate surface area is 99.1 Å². The first-order chi connectivity index (χ1) is 7.59. The van der Waals surface area contributed by atoms with Gasteiger partial charge in [-0.3, -0.25) is 14.6 Å². The molecule has 0 aliphatic rings. The normalized spacial score (nSPS) is 11.6. The number of thiol groups is 1. The van der Waals surface area contributed by atoms with E-state index in [0.29, 0.717) is 5.69 Å². The lowest BCUT2D eigenvalue weighted by molar-refractivity contribution is -0.125. The van der Waals surface area contributed by atoms with Crippen molar-refractivity contribution in [3.63, 3.8) is 0 Å². The Kier molecular flexibility index (Phi) is 4.78. The van der Waals surface area contributed by atoms with Gasteiger partial charge >= 0.3 is 0 Å². The minimum absolute atomic E-state index is 0.0563. The van der Waals surface area contributed by atoms with E-state index in [1.165, 1.54) is 6.92 Å². The van der Waals surface area contributed by atoms with Crippen molar-refractivity contribution < 1.29 is 9.59 Å². The van der Waals surface area contributed by atoms with Crippen LogP contribution in [-0.2, 0) is 9.59 Å². The lowest BCUT2D eigenvalue weighted by Crippen LogP contribution is -2.36. The van der Waals surface area contributed by atoms with Crippen LogP contribution in [0.1, 0.15) is 18.0 Å². The van der Waals surface area contributed by atoms with Gasteiger partial charge in [-0.2, -0.15) is 0 Å². The number of nitrogens with zero attached hydrogens (tertiary/aromatic N) is 1. The summed E-state index contributed by atoms with van der Waals surface area (Å²) >= 11 is 4.20. The van der Waals surface area contributed by atoms with Gasteiger partial charge in [0.1, 0.15) is 5.37 Å². The van der Waals surface area contributed by atoms with Gasteiger partial charge in [-0.15, -0.1) is 12.6 Å². The first-order valence-electron chi connectivity index (χ1n) is 4.72. The fourth-order valence-corrected chi connectivity index (χ4v) is 1.32. The van der Waals surface area contributed by atoms with Crippen LogP contribution in [0.15, 0.2) is 24.4 Å². The topological polar surface area (TPSA) is 71.1 Å². The Bertz CT molecular complexity index is 370. The van der Waals surface area contributed by atoms with Gasteiger partial charge in [0.15, 0.2) is 0 Å². The maximum Gasteiger partial charge on any atom is 0.240 e. The second kappa shape index (κ2) is 6.12. The highest BCUT2D eigenvalue weighted by Crippen LogP contribution is 2.12. The molecule has 2 amide bonds. The summed E-state index contributed by atoms with van der Waals surface area (Å²) in [7, 11) is 0. The number of rotatable bonds is 4. The minimum atomic E-state index is -0.470. The largest absolute Gasteiger partial charge is 0.347 e. The summed E-state index contributed by atoms with van der Waals surface area (Å²) in [6, 6.07) is 5.35. The van der Waals surface area contributed by atoms with Crippen LogP contribution < -0.4 is 10.6 Å². The molecule has 16 heavy (non-hydrogen) atoms. The molecule has 0 radical (unpaired) electrons. The Hall–Kier alpha value is -1.56. The zero-order chi connectivity index (χ0) is 12.0. The molecule has 1 rings (SSSR count). The lowest BCUT2D eigenvalue weighted by atomic mass is 10.3. The van der Waals surface area contributed by atoms with E-state index in [1.807, 2.05) is 6.07 Å². The number of hydrogen-bond acceptors (Lipinski definition) is 4. The number of pyridine rings is 1. The van der Waals surface area contributed by atoms with Gasteiger partial charge in [-0.25, -0.2) is 0 Å². The third-order valence-corrected chi connectivity index (χ3v) is 2.16. The highest BCUT2D eigenvalue weighted by Gasteiger charge is 2.10. The predicted octanol–water partition coefficient (Wildman–Crippen LogP) is 0.262. The van der Waals surface area contributed by atoms with E-state index in [2.05, 4.69) is 28.2 Å². The highest BCUT2D eigenvalue weighted by molar-refractivity contribution is 7.80. The smallest absolute Gasteiger partial charge is 0.240 e. The fraction of sp³-hybridized carbons (Fsp3) is 0.300. The Morgan fingerprint density at radius 3 is 2.81 bits per heavy atom. The van der Waals surface area contributed by atoms with Crippen molar-refractivity contribution in [1.82, 2.24) is 15.6 Å². The summed E-state index contributed by atoms with van der Waals surface area (Å²) in [5, 5.41) is 4.53. The number of aromatic nitrogens is 1. The molecular weight excluding hydrogens is 226 g/mol. The molecule has 0 aromatic carbocycles. The molecule has 6 heteroatoms. The number of carbonyl (C=O) groups is 2. The average molecular weight is 239 g/mol. The molecular formula is C10H13N3O2S. The first-order valence-corrected chi connectivity index (χ1v) is 5.24. The van der Waals surface area contributed by atoms with Gasteiger partial charge in [0.2, 0.25) is 11.8 Å². The predicted molar refractivity (Wildman–Crippen MR) is 62.8 cm³/mol. The van der Waals surface area contributed by atoms with E-state index in [4.69, 9.17) is 0 Å². The first kappa shape index (κ1) is 12.5. The zero-order valence-electron chi connectivity index (χ0n) is 8.80.